The summed E-state index contributed by atoms with van der Waals surface area (Å²) in [6, 6.07) is 3.29. The third kappa shape index (κ3) is 2.23. The molecule has 4 heteroatoms. The van der Waals surface area contributed by atoms with Gasteiger partial charge in [-0.2, -0.15) is 0 Å². The summed E-state index contributed by atoms with van der Waals surface area (Å²) in [7, 11) is 0. The first kappa shape index (κ1) is 8.77. The van der Waals surface area contributed by atoms with E-state index in [1.807, 2.05) is 0 Å². The molecule has 0 unspecified atom stereocenters. The van der Waals surface area contributed by atoms with Crippen LogP contribution >= 0.6 is 11.3 Å². The van der Waals surface area contributed by atoms with Crippen LogP contribution in [0.25, 0.3) is 0 Å². The second-order valence-electron chi connectivity index (χ2n) is 1.28. The normalized spacial score (nSPS) is 8.00. The molecule has 1 N–H and O–H groups in total. The van der Waals surface area contributed by atoms with Crippen LogP contribution in [-0.2, 0) is 0 Å². The molecule has 1 aromatic rings. The predicted octanol–water partition coefficient (Wildman–Crippen LogP) is 1.07. The molecule has 1 aromatic heterocycles. The van der Waals surface area contributed by atoms with Crippen LogP contribution in [0.2, 0.25) is 0 Å². The summed E-state index contributed by atoms with van der Waals surface area (Å²) in [6.07, 6.45) is 0. The number of hydrogen-bond donors (Lipinski definition) is 1. The van der Waals surface area contributed by atoms with E-state index in [-0.39, 0.29) is 18.9 Å². The molecule has 0 fully saturated rings. The van der Waals surface area contributed by atoms with Crippen LogP contribution in [0, 0.1) is 0 Å². The van der Waals surface area contributed by atoms with E-state index < -0.39 is 5.97 Å². The molecule has 0 aromatic carbocycles. The zero-order valence-electron chi connectivity index (χ0n) is 5.00. The average molecular weight is 135 g/mol. The van der Waals surface area contributed by atoms with Crippen molar-refractivity contribution in [3.8, 4) is 0 Å². The van der Waals surface area contributed by atoms with Crippen molar-refractivity contribution < 1.29 is 9.90 Å². The number of aromatic carboxylic acids is 1. The van der Waals surface area contributed by atoms with Gasteiger partial charge in [-0.15, -0.1) is 11.3 Å². The Morgan fingerprint density at radius 1 is 1.67 bits per heavy atom. The maximum Gasteiger partial charge on any atom is 0.345 e. The summed E-state index contributed by atoms with van der Waals surface area (Å²) < 4.78 is 0. The summed E-state index contributed by atoms with van der Waals surface area (Å²) in [5.41, 5.74) is 0. The Kier molecular flexibility index (Phi) is 3.63. The Morgan fingerprint density at radius 2 is 2.33 bits per heavy atom. The maximum atomic E-state index is 10.1. The smallest absolute Gasteiger partial charge is 0.345 e. The molecule has 1 heterocycles. The Bertz CT molecular complexity index is 183. The van der Waals surface area contributed by atoms with Crippen LogP contribution < -0.4 is 0 Å². The third-order valence-corrected chi connectivity index (χ3v) is 1.59. The fourth-order valence-corrected chi connectivity index (χ4v) is 0.962. The Morgan fingerprint density at radius 3 is 2.56 bits per heavy atom. The van der Waals surface area contributed by atoms with Gasteiger partial charge in [0.2, 0.25) is 0 Å². The van der Waals surface area contributed by atoms with Gasteiger partial charge in [0.1, 0.15) is 4.88 Å². The summed E-state index contributed by atoms with van der Waals surface area (Å²) in [5, 5.41) is 10.0. The second kappa shape index (κ2) is 3.73. The van der Waals surface area contributed by atoms with E-state index in [0.29, 0.717) is 4.88 Å². The Labute approximate surface area is 68.7 Å². The summed E-state index contributed by atoms with van der Waals surface area (Å²) in [5.74, 6) is -0.847. The van der Waals surface area contributed by atoms with Gasteiger partial charge in [-0.05, 0) is 11.4 Å². The SMILES string of the molecule is O=C(O)c1cccs1.[Li]. The topological polar surface area (TPSA) is 37.3 Å². The van der Waals surface area contributed by atoms with Gasteiger partial charge in [0.05, 0.1) is 0 Å². The molecule has 43 valence electrons. The molecule has 0 aliphatic heterocycles. The first-order valence-electron chi connectivity index (χ1n) is 2.07. The van der Waals surface area contributed by atoms with Gasteiger partial charge in [0, 0.05) is 18.9 Å². The van der Waals surface area contributed by atoms with Gasteiger partial charge in [-0.3, -0.25) is 0 Å². The van der Waals surface area contributed by atoms with Gasteiger partial charge in [-0.1, -0.05) is 6.07 Å². The number of hydrogen-bond acceptors (Lipinski definition) is 2. The number of carboxylic acids is 1. The van der Waals surface area contributed by atoms with E-state index in [9.17, 15) is 4.79 Å². The second-order valence-corrected chi connectivity index (χ2v) is 2.23. The van der Waals surface area contributed by atoms with Crippen LogP contribution in [0.3, 0.4) is 0 Å². The van der Waals surface area contributed by atoms with E-state index >= 15 is 0 Å². The standard InChI is InChI=1S/C5H4O2S.Li/c6-5(7)4-2-1-3-8-4;/h1-3H,(H,6,7);. The van der Waals surface area contributed by atoms with Crippen LogP contribution in [-0.4, -0.2) is 29.9 Å². The number of thiophene rings is 1. The molecule has 2 nitrogen and oxygen atoms in total. The van der Waals surface area contributed by atoms with E-state index in [4.69, 9.17) is 5.11 Å². The zero-order chi connectivity index (χ0) is 5.98. The summed E-state index contributed by atoms with van der Waals surface area (Å²) >= 11 is 1.23. The van der Waals surface area contributed by atoms with E-state index in [1.165, 1.54) is 11.3 Å². The van der Waals surface area contributed by atoms with Crippen molar-refractivity contribution in [3.05, 3.63) is 22.4 Å². The summed E-state index contributed by atoms with van der Waals surface area (Å²) in [4.78, 5) is 10.5. The molecule has 9 heavy (non-hydrogen) atoms. The molecule has 0 saturated heterocycles. The number of carboxylic acid groups (broad SMARTS) is 1. The molecule has 1 rings (SSSR count). The number of rotatable bonds is 1. The van der Waals surface area contributed by atoms with Crippen LogP contribution in [0.4, 0.5) is 0 Å². The first-order chi connectivity index (χ1) is 3.80. The van der Waals surface area contributed by atoms with Crippen molar-refractivity contribution in [2.75, 3.05) is 0 Å². The fourth-order valence-electron chi connectivity index (χ4n) is 0.400. The molecule has 0 amide bonds. The third-order valence-electron chi connectivity index (χ3n) is 0.732. The largest absolute Gasteiger partial charge is 0.477 e. The molecular weight excluding hydrogens is 131 g/mol. The van der Waals surface area contributed by atoms with Gasteiger partial charge in [0.15, 0.2) is 0 Å². The Hall–Kier alpha value is -0.233. The van der Waals surface area contributed by atoms with Crippen molar-refractivity contribution in [3.63, 3.8) is 0 Å². The van der Waals surface area contributed by atoms with E-state index in [0.717, 1.165) is 0 Å². The van der Waals surface area contributed by atoms with Crippen molar-refractivity contribution >= 4 is 36.2 Å². The monoisotopic (exact) mass is 135 g/mol. The number of carbonyl (C=O) groups is 1. The molecule has 0 bridgehead atoms. The minimum atomic E-state index is -0.847. The van der Waals surface area contributed by atoms with Crippen molar-refractivity contribution in [2.24, 2.45) is 0 Å². The summed E-state index contributed by atoms with van der Waals surface area (Å²) in [6.45, 7) is 0. The van der Waals surface area contributed by atoms with Crippen molar-refractivity contribution in [2.45, 2.75) is 0 Å². The molecular formula is C5H4LiO2S. The van der Waals surface area contributed by atoms with Crippen LogP contribution in [0.5, 0.6) is 0 Å². The molecule has 0 aliphatic rings. The fraction of sp³-hybridized carbons (Fsp3) is 0. The maximum absolute atomic E-state index is 10.1. The van der Waals surface area contributed by atoms with Gasteiger partial charge in [0.25, 0.3) is 0 Å². The molecule has 1 radical (unpaired) electrons. The van der Waals surface area contributed by atoms with Crippen LogP contribution in [0.15, 0.2) is 17.5 Å². The van der Waals surface area contributed by atoms with E-state index in [2.05, 4.69) is 0 Å². The molecule has 0 atom stereocenters. The van der Waals surface area contributed by atoms with Gasteiger partial charge in [-0.25, -0.2) is 4.79 Å². The predicted molar refractivity (Wildman–Crippen MR) is 37.0 cm³/mol. The minimum Gasteiger partial charge on any atom is -0.477 e. The van der Waals surface area contributed by atoms with Crippen molar-refractivity contribution in [1.82, 2.24) is 0 Å². The first-order valence-corrected chi connectivity index (χ1v) is 2.95. The van der Waals surface area contributed by atoms with Gasteiger partial charge < -0.3 is 5.11 Å². The molecule has 0 spiro atoms. The molecule has 0 saturated carbocycles. The average Bonchev–Trinajstić information content (AvgIpc) is 2.12. The van der Waals surface area contributed by atoms with E-state index in [1.54, 1.807) is 17.5 Å². The minimum absolute atomic E-state index is 0. The quantitative estimate of drug-likeness (QED) is 0.584. The zero-order valence-corrected chi connectivity index (χ0v) is 5.81. The van der Waals surface area contributed by atoms with Crippen LogP contribution in [0.1, 0.15) is 9.67 Å². The molecule has 0 aliphatic carbocycles. The van der Waals surface area contributed by atoms with Gasteiger partial charge >= 0.3 is 5.97 Å². The Balaban J connectivity index is 0.000000640. The van der Waals surface area contributed by atoms with Crippen molar-refractivity contribution in [1.29, 1.82) is 0 Å².